The van der Waals surface area contributed by atoms with Crippen molar-refractivity contribution in [2.45, 2.75) is 26.9 Å². The van der Waals surface area contributed by atoms with Gasteiger partial charge in [0.15, 0.2) is 0 Å². The van der Waals surface area contributed by atoms with Crippen molar-refractivity contribution >= 4 is 28.6 Å². The summed E-state index contributed by atoms with van der Waals surface area (Å²) in [6.45, 7) is 5.09. The minimum absolute atomic E-state index is 0.0533. The van der Waals surface area contributed by atoms with Gasteiger partial charge in [0.2, 0.25) is 5.91 Å². The molecule has 0 spiro atoms. The number of furan rings is 1. The van der Waals surface area contributed by atoms with Crippen molar-refractivity contribution in [1.82, 2.24) is 4.90 Å². The van der Waals surface area contributed by atoms with Crippen LogP contribution >= 0.6 is 11.3 Å². The first-order valence-corrected chi connectivity index (χ1v) is 9.57. The van der Waals surface area contributed by atoms with Crippen molar-refractivity contribution in [3.63, 3.8) is 0 Å². The summed E-state index contributed by atoms with van der Waals surface area (Å²) in [5, 5.41) is 13.8. The summed E-state index contributed by atoms with van der Waals surface area (Å²) >= 11 is 1.69. The van der Waals surface area contributed by atoms with Crippen molar-refractivity contribution in [3.8, 4) is 0 Å². The quantitative estimate of drug-likeness (QED) is 0.445. The van der Waals surface area contributed by atoms with E-state index in [-0.39, 0.29) is 18.1 Å². The number of nitro benzene ring substituents is 1. The Balaban J connectivity index is 1.71. The minimum Gasteiger partial charge on any atom is -0.468 e. The molecule has 0 aliphatic heterocycles. The predicted molar refractivity (Wildman–Crippen MR) is 108 cm³/mol. The number of anilines is 1. The van der Waals surface area contributed by atoms with E-state index in [4.69, 9.17) is 4.42 Å². The number of nitrogens with zero attached hydrogens (tertiary/aromatic N) is 2. The molecule has 3 aromatic rings. The zero-order valence-corrected chi connectivity index (χ0v) is 16.5. The molecule has 28 heavy (non-hydrogen) atoms. The van der Waals surface area contributed by atoms with Crippen LogP contribution in [0.4, 0.5) is 11.4 Å². The number of nitrogens with one attached hydrogen (secondary N) is 1. The predicted octanol–water partition coefficient (Wildman–Crippen LogP) is 4.51. The van der Waals surface area contributed by atoms with Gasteiger partial charge >= 0.3 is 0 Å². The number of benzene rings is 1. The zero-order valence-electron chi connectivity index (χ0n) is 15.7. The highest BCUT2D eigenvalue weighted by Crippen LogP contribution is 2.22. The first kappa shape index (κ1) is 19.8. The van der Waals surface area contributed by atoms with Crippen LogP contribution in [0.25, 0.3) is 0 Å². The van der Waals surface area contributed by atoms with Gasteiger partial charge in [0.1, 0.15) is 5.76 Å². The summed E-state index contributed by atoms with van der Waals surface area (Å²) in [6.07, 6.45) is 1.61. The van der Waals surface area contributed by atoms with Crippen LogP contribution in [-0.2, 0) is 17.9 Å². The molecule has 0 bridgehead atoms. The topological polar surface area (TPSA) is 88.6 Å². The fraction of sp³-hybridized carbons (Fsp3) is 0.250. The summed E-state index contributed by atoms with van der Waals surface area (Å²) in [4.78, 5) is 27.5. The lowest BCUT2D eigenvalue weighted by Crippen LogP contribution is -2.32. The van der Waals surface area contributed by atoms with E-state index in [9.17, 15) is 14.9 Å². The molecule has 0 saturated carbocycles. The van der Waals surface area contributed by atoms with Crippen LogP contribution in [0.3, 0.4) is 0 Å². The maximum atomic E-state index is 12.6. The monoisotopic (exact) mass is 399 g/mol. The Bertz CT molecular complexity index is 966. The molecule has 1 amide bonds. The lowest BCUT2D eigenvalue weighted by atomic mass is 10.2. The molecule has 1 N–H and O–H groups in total. The Labute approximate surface area is 166 Å². The number of carbonyl (C=O) groups is 1. The van der Waals surface area contributed by atoms with Crippen LogP contribution < -0.4 is 5.32 Å². The Morgan fingerprint density at radius 1 is 1.21 bits per heavy atom. The second kappa shape index (κ2) is 8.81. The molecule has 0 unspecified atom stereocenters. The number of nitro groups is 1. The van der Waals surface area contributed by atoms with Crippen LogP contribution in [0, 0.1) is 24.0 Å². The summed E-state index contributed by atoms with van der Waals surface area (Å²) in [7, 11) is 0. The molecular formula is C20H21N3O4S. The van der Waals surface area contributed by atoms with Crippen LogP contribution in [0.15, 0.2) is 53.1 Å². The fourth-order valence-corrected chi connectivity index (χ4v) is 3.77. The third-order valence-electron chi connectivity index (χ3n) is 4.21. The van der Waals surface area contributed by atoms with Gasteiger partial charge < -0.3 is 9.73 Å². The number of amides is 1. The second-order valence-corrected chi connectivity index (χ2v) is 7.91. The SMILES string of the molecule is Cc1ccc(CN(CC(=O)Nc2cc([N+](=O)[O-])ccc2C)Cc2ccco2)s1. The molecule has 0 fully saturated rings. The normalized spacial score (nSPS) is 11.0. The molecule has 0 aliphatic carbocycles. The first-order chi connectivity index (χ1) is 13.4. The molecule has 0 atom stereocenters. The molecule has 2 heterocycles. The van der Waals surface area contributed by atoms with Crippen LogP contribution in [0.1, 0.15) is 21.1 Å². The zero-order chi connectivity index (χ0) is 20.1. The van der Waals surface area contributed by atoms with Crippen molar-refractivity contribution in [1.29, 1.82) is 0 Å². The number of non-ortho nitro benzene ring substituents is 1. The molecule has 0 saturated heterocycles. The lowest BCUT2D eigenvalue weighted by molar-refractivity contribution is -0.384. The molecular weight excluding hydrogens is 378 g/mol. The van der Waals surface area contributed by atoms with Gasteiger partial charge in [0.25, 0.3) is 5.69 Å². The van der Waals surface area contributed by atoms with E-state index in [1.807, 2.05) is 24.0 Å². The van der Waals surface area contributed by atoms with Gasteiger partial charge in [-0.2, -0.15) is 0 Å². The summed E-state index contributed by atoms with van der Waals surface area (Å²) in [5.41, 5.74) is 1.16. The van der Waals surface area contributed by atoms with Gasteiger partial charge in [-0.05, 0) is 43.7 Å². The number of hydrogen-bond acceptors (Lipinski definition) is 6. The minimum atomic E-state index is -0.475. The summed E-state index contributed by atoms with van der Waals surface area (Å²) in [5.74, 6) is 0.538. The highest BCUT2D eigenvalue weighted by Gasteiger charge is 2.16. The standard InChI is InChI=1S/C20H21N3O4S/c1-14-5-7-16(23(25)26)10-19(14)21-20(24)13-22(11-17-4-3-9-27-17)12-18-8-6-15(2)28-18/h3-10H,11-13H2,1-2H3,(H,21,24). The van der Waals surface area contributed by atoms with Crippen LogP contribution in [0.2, 0.25) is 0 Å². The number of hydrogen-bond donors (Lipinski definition) is 1. The van der Waals surface area contributed by atoms with Crippen molar-refractivity contribution in [2.24, 2.45) is 0 Å². The van der Waals surface area contributed by atoms with E-state index in [1.54, 1.807) is 30.6 Å². The van der Waals surface area contributed by atoms with E-state index < -0.39 is 4.92 Å². The van der Waals surface area contributed by atoms with Gasteiger partial charge in [0, 0.05) is 28.4 Å². The van der Waals surface area contributed by atoms with Crippen LogP contribution in [-0.4, -0.2) is 22.3 Å². The van der Waals surface area contributed by atoms with Gasteiger partial charge in [-0.1, -0.05) is 6.07 Å². The van der Waals surface area contributed by atoms with Crippen molar-refractivity contribution < 1.29 is 14.1 Å². The molecule has 8 heteroatoms. The Kier molecular flexibility index (Phi) is 6.23. The van der Waals surface area contributed by atoms with Gasteiger partial charge in [0.05, 0.1) is 30.0 Å². The molecule has 146 valence electrons. The Morgan fingerprint density at radius 3 is 2.68 bits per heavy atom. The molecule has 2 aromatic heterocycles. The van der Waals surface area contributed by atoms with E-state index in [2.05, 4.69) is 17.4 Å². The van der Waals surface area contributed by atoms with E-state index >= 15 is 0 Å². The number of thiophene rings is 1. The van der Waals surface area contributed by atoms with Gasteiger partial charge in [-0.3, -0.25) is 19.8 Å². The maximum Gasteiger partial charge on any atom is 0.271 e. The third-order valence-corrected chi connectivity index (χ3v) is 5.19. The van der Waals surface area contributed by atoms with Gasteiger partial charge in [-0.15, -0.1) is 11.3 Å². The van der Waals surface area contributed by atoms with E-state index in [0.29, 0.717) is 18.8 Å². The van der Waals surface area contributed by atoms with E-state index in [1.165, 1.54) is 17.0 Å². The molecule has 7 nitrogen and oxygen atoms in total. The Hall–Kier alpha value is -2.97. The molecule has 3 rings (SSSR count). The maximum absolute atomic E-state index is 12.6. The third kappa shape index (κ3) is 5.28. The fourth-order valence-electron chi connectivity index (χ4n) is 2.83. The summed E-state index contributed by atoms with van der Waals surface area (Å²) < 4.78 is 5.42. The second-order valence-electron chi connectivity index (χ2n) is 6.54. The van der Waals surface area contributed by atoms with Crippen molar-refractivity contribution in [2.75, 3.05) is 11.9 Å². The highest BCUT2D eigenvalue weighted by atomic mass is 32.1. The highest BCUT2D eigenvalue weighted by molar-refractivity contribution is 7.11. The molecule has 0 radical (unpaired) electrons. The van der Waals surface area contributed by atoms with Gasteiger partial charge in [-0.25, -0.2) is 0 Å². The number of carbonyl (C=O) groups excluding carboxylic acids is 1. The average Bonchev–Trinajstić information content (AvgIpc) is 3.28. The first-order valence-electron chi connectivity index (χ1n) is 8.75. The number of aryl methyl sites for hydroxylation is 2. The Morgan fingerprint density at radius 2 is 2.04 bits per heavy atom. The molecule has 1 aromatic carbocycles. The van der Waals surface area contributed by atoms with Crippen LogP contribution in [0.5, 0.6) is 0 Å². The van der Waals surface area contributed by atoms with Crippen molar-refractivity contribution in [3.05, 3.63) is 79.9 Å². The molecule has 0 aliphatic rings. The lowest BCUT2D eigenvalue weighted by Gasteiger charge is -2.20. The average molecular weight is 399 g/mol. The largest absolute Gasteiger partial charge is 0.468 e. The summed E-state index contributed by atoms with van der Waals surface area (Å²) in [6, 6.07) is 12.2. The van der Waals surface area contributed by atoms with E-state index in [0.717, 1.165) is 16.2 Å². The smallest absolute Gasteiger partial charge is 0.271 e. The number of rotatable bonds is 8.